The van der Waals surface area contributed by atoms with Crippen molar-refractivity contribution < 1.29 is 19.3 Å². The summed E-state index contributed by atoms with van der Waals surface area (Å²) in [6.07, 6.45) is -0.585. The van der Waals surface area contributed by atoms with Crippen molar-refractivity contribution >= 4 is 0 Å². The van der Waals surface area contributed by atoms with E-state index in [-0.39, 0.29) is 12.5 Å². The zero-order valence-corrected chi connectivity index (χ0v) is 12.1. The third-order valence-corrected chi connectivity index (χ3v) is 3.80. The van der Waals surface area contributed by atoms with E-state index in [0.29, 0.717) is 11.5 Å². The molecule has 0 saturated heterocycles. The molecule has 110 valence electrons. The minimum absolute atomic E-state index is 0.130. The van der Waals surface area contributed by atoms with Crippen molar-refractivity contribution in [3.05, 3.63) is 53.6 Å². The van der Waals surface area contributed by atoms with Crippen LogP contribution in [0.15, 0.2) is 42.5 Å². The summed E-state index contributed by atoms with van der Waals surface area (Å²) >= 11 is 0. The maximum atomic E-state index is 10.4. The summed E-state index contributed by atoms with van der Waals surface area (Å²) in [4.78, 5) is 0. The molecule has 4 heteroatoms. The van der Waals surface area contributed by atoms with Gasteiger partial charge in [0, 0.05) is 17.5 Å². The van der Waals surface area contributed by atoms with Crippen LogP contribution in [0.4, 0.5) is 0 Å². The lowest BCUT2D eigenvalue weighted by molar-refractivity contribution is 0.0767. The van der Waals surface area contributed by atoms with Crippen LogP contribution in [-0.4, -0.2) is 32.0 Å². The molecular weight excluding hydrogens is 268 g/mol. The van der Waals surface area contributed by atoms with E-state index in [4.69, 9.17) is 14.2 Å². The van der Waals surface area contributed by atoms with E-state index < -0.39 is 6.10 Å². The Morgan fingerprint density at radius 1 is 1.05 bits per heavy atom. The van der Waals surface area contributed by atoms with Crippen LogP contribution in [0.25, 0.3) is 0 Å². The zero-order chi connectivity index (χ0) is 14.8. The van der Waals surface area contributed by atoms with Gasteiger partial charge in [0.1, 0.15) is 12.4 Å². The van der Waals surface area contributed by atoms with E-state index >= 15 is 0 Å². The third-order valence-electron chi connectivity index (χ3n) is 3.80. The van der Waals surface area contributed by atoms with E-state index in [9.17, 15) is 5.11 Å². The van der Waals surface area contributed by atoms with Crippen LogP contribution in [0.5, 0.6) is 17.2 Å². The molecule has 2 atom stereocenters. The summed E-state index contributed by atoms with van der Waals surface area (Å²) in [6, 6.07) is 13.6. The molecule has 1 N–H and O–H groups in total. The van der Waals surface area contributed by atoms with Crippen molar-refractivity contribution in [2.75, 3.05) is 20.8 Å². The van der Waals surface area contributed by atoms with Gasteiger partial charge in [0.05, 0.1) is 20.3 Å². The fourth-order valence-electron chi connectivity index (χ4n) is 2.78. The highest BCUT2D eigenvalue weighted by atomic mass is 16.5. The molecule has 0 aromatic heterocycles. The molecule has 0 amide bonds. The number of hydrogen-bond donors (Lipinski definition) is 1. The van der Waals surface area contributed by atoms with E-state index in [2.05, 4.69) is 0 Å². The Hall–Kier alpha value is -2.20. The van der Waals surface area contributed by atoms with Gasteiger partial charge in [-0.3, -0.25) is 0 Å². The number of ether oxygens (including phenoxy) is 3. The van der Waals surface area contributed by atoms with Gasteiger partial charge < -0.3 is 19.3 Å². The van der Waals surface area contributed by atoms with Crippen molar-refractivity contribution in [3.63, 3.8) is 0 Å². The van der Waals surface area contributed by atoms with Crippen LogP contribution < -0.4 is 14.2 Å². The molecule has 4 nitrogen and oxygen atoms in total. The predicted molar refractivity (Wildman–Crippen MR) is 79.3 cm³/mol. The second-order valence-corrected chi connectivity index (χ2v) is 5.01. The molecule has 2 aromatic carbocycles. The Kier molecular flexibility index (Phi) is 3.71. The number of hydrogen-bond acceptors (Lipinski definition) is 4. The first-order valence-corrected chi connectivity index (χ1v) is 6.86. The summed E-state index contributed by atoms with van der Waals surface area (Å²) in [5, 5.41) is 10.4. The van der Waals surface area contributed by atoms with E-state index in [0.717, 1.165) is 16.9 Å². The maximum absolute atomic E-state index is 10.4. The SMILES string of the molecule is COc1cc2c(cc1OC)[C@H](c1ccccc1)[C@@H](O)CO2. The molecule has 1 aliphatic rings. The predicted octanol–water partition coefficient (Wildman–Crippen LogP) is 2.59. The van der Waals surface area contributed by atoms with Crippen molar-refractivity contribution in [1.29, 1.82) is 0 Å². The van der Waals surface area contributed by atoms with Gasteiger partial charge in [0.2, 0.25) is 0 Å². The molecule has 2 aromatic rings. The van der Waals surface area contributed by atoms with Crippen LogP contribution in [0.1, 0.15) is 17.0 Å². The van der Waals surface area contributed by atoms with Crippen LogP contribution in [0.2, 0.25) is 0 Å². The molecular formula is C17H18O4. The normalized spacial score (nSPS) is 20.3. The third kappa shape index (κ3) is 2.43. The molecule has 0 spiro atoms. The maximum Gasteiger partial charge on any atom is 0.164 e. The summed E-state index contributed by atoms with van der Waals surface area (Å²) in [5.41, 5.74) is 1.97. The fraction of sp³-hybridized carbons (Fsp3) is 0.294. The highest BCUT2D eigenvalue weighted by Gasteiger charge is 2.32. The van der Waals surface area contributed by atoms with Crippen LogP contribution in [0, 0.1) is 0 Å². The van der Waals surface area contributed by atoms with E-state index in [1.165, 1.54) is 0 Å². The number of aliphatic hydroxyl groups is 1. The summed E-state index contributed by atoms with van der Waals surface area (Å²) < 4.78 is 16.3. The number of aliphatic hydroxyl groups excluding tert-OH is 1. The molecule has 1 heterocycles. The average molecular weight is 286 g/mol. The quantitative estimate of drug-likeness (QED) is 0.942. The largest absolute Gasteiger partial charge is 0.493 e. The van der Waals surface area contributed by atoms with Gasteiger partial charge >= 0.3 is 0 Å². The summed E-state index contributed by atoms with van der Waals surface area (Å²) in [6.45, 7) is 0.266. The van der Waals surface area contributed by atoms with Crippen molar-refractivity contribution in [3.8, 4) is 17.2 Å². The highest BCUT2D eigenvalue weighted by Crippen LogP contribution is 2.44. The highest BCUT2D eigenvalue weighted by molar-refractivity contribution is 5.55. The van der Waals surface area contributed by atoms with Crippen LogP contribution >= 0.6 is 0 Å². The smallest absolute Gasteiger partial charge is 0.164 e. The Morgan fingerprint density at radius 2 is 1.71 bits per heavy atom. The molecule has 0 aliphatic carbocycles. The number of benzene rings is 2. The van der Waals surface area contributed by atoms with Gasteiger partial charge in [-0.1, -0.05) is 30.3 Å². The molecule has 0 radical (unpaired) electrons. The second-order valence-electron chi connectivity index (χ2n) is 5.01. The minimum atomic E-state index is -0.585. The summed E-state index contributed by atoms with van der Waals surface area (Å²) in [7, 11) is 3.19. The lowest BCUT2D eigenvalue weighted by Crippen LogP contribution is -2.31. The van der Waals surface area contributed by atoms with Crippen LogP contribution in [-0.2, 0) is 0 Å². The van der Waals surface area contributed by atoms with E-state index in [1.807, 2.05) is 42.5 Å². The van der Waals surface area contributed by atoms with Crippen molar-refractivity contribution in [1.82, 2.24) is 0 Å². The second kappa shape index (κ2) is 5.66. The first-order chi connectivity index (χ1) is 10.2. The molecule has 0 unspecified atom stereocenters. The van der Waals surface area contributed by atoms with E-state index in [1.54, 1.807) is 14.2 Å². The van der Waals surface area contributed by atoms with Gasteiger partial charge in [-0.05, 0) is 11.6 Å². The van der Waals surface area contributed by atoms with Crippen molar-refractivity contribution in [2.45, 2.75) is 12.0 Å². The van der Waals surface area contributed by atoms with Gasteiger partial charge in [-0.2, -0.15) is 0 Å². The molecule has 0 fully saturated rings. The topological polar surface area (TPSA) is 47.9 Å². The lowest BCUT2D eigenvalue weighted by Gasteiger charge is -2.31. The Bertz CT molecular complexity index is 624. The Labute approximate surface area is 123 Å². The lowest BCUT2D eigenvalue weighted by atomic mass is 9.84. The molecule has 3 rings (SSSR count). The first-order valence-electron chi connectivity index (χ1n) is 6.86. The Morgan fingerprint density at radius 3 is 2.38 bits per heavy atom. The van der Waals surface area contributed by atoms with Gasteiger partial charge in [0.15, 0.2) is 11.5 Å². The molecule has 0 bridgehead atoms. The minimum Gasteiger partial charge on any atom is -0.493 e. The number of fused-ring (bicyclic) bond motifs is 1. The molecule has 1 aliphatic heterocycles. The molecule has 21 heavy (non-hydrogen) atoms. The monoisotopic (exact) mass is 286 g/mol. The fourth-order valence-corrected chi connectivity index (χ4v) is 2.78. The zero-order valence-electron chi connectivity index (χ0n) is 12.1. The van der Waals surface area contributed by atoms with Gasteiger partial charge in [0.25, 0.3) is 0 Å². The standard InChI is InChI=1S/C17H18O4/c1-19-15-8-12-14(9-16(15)20-2)21-10-13(18)17(12)11-6-4-3-5-7-11/h3-9,13,17-18H,10H2,1-2H3/t13-,17-/m0/s1. The average Bonchev–Trinajstić information content (AvgIpc) is 2.54. The van der Waals surface area contributed by atoms with Crippen molar-refractivity contribution in [2.24, 2.45) is 0 Å². The Balaban J connectivity index is 2.13. The first kappa shape index (κ1) is 13.8. The van der Waals surface area contributed by atoms with Crippen LogP contribution in [0.3, 0.4) is 0 Å². The van der Waals surface area contributed by atoms with Gasteiger partial charge in [-0.15, -0.1) is 0 Å². The summed E-state index contributed by atoms with van der Waals surface area (Å²) in [5.74, 6) is 1.86. The molecule has 0 saturated carbocycles. The number of rotatable bonds is 3. The van der Waals surface area contributed by atoms with Gasteiger partial charge in [-0.25, -0.2) is 0 Å². The number of methoxy groups -OCH3 is 2.